The van der Waals surface area contributed by atoms with Crippen molar-refractivity contribution in [3.8, 4) is 0 Å². The summed E-state index contributed by atoms with van der Waals surface area (Å²) in [6.45, 7) is 3.88. The maximum Gasteiger partial charge on any atom is 0.283 e. The number of carbonyl (C=O) groups excluding carboxylic acids is 2. The van der Waals surface area contributed by atoms with Crippen molar-refractivity contribution in [2.24, 2.45) is 0 Å². The molecule has 0 atom stereocenters. The summed E-state index contributed by atoms with van der Waals surface area (Å²) in [6, 6.07) is 22.2. The fourth-order valence-corrected chi connectivity index (χ4v) is 4.35. The van der Waals surface area contributed by atoms with Gasteiger partial charge in [0.25, 0.3) is 11.8 Å². The van der Waals surface area contributed by atoms with Gasteiger partial charge in [0.2, 0.25) is 0 Å². The average molecular weight is 435 g/mol. The van der Waals surface area contributed by atoms with Crippen molar-refractivity contribution >= 4 is 46.6 Å². The number of halogens is 1. The summed E-state index contributed by atoms with van der Waals surface area (Å²) in [7, 11) is 0. The van der Waals surface area contributed by atoms with Gasteiger partial charge in [-0.05, 0) is 61.9 Å². The number of hydrogen-bond acceptors (Lipinski definition) is 4. The van der Waals surface area contributed by atoms with Gasteiger partial charge >= 0.3 is 0 Å². The second kappa shape index (κ2) is 8.38. The fourth-order valence-electron chi connectivity index (χ4n) is 3.27. The predicted octanol–water partition coefficient (Wildman–Crippen LogP) is 5.95. The molecule has 1 aliphatic heterocycles. The maximum absolute atomic E-state index is 13.4. The molecule has 0 fully saturated rings. The van der Waals surface area contributed by atoms with Crippen molar-refractivity contribution < 1.29 is 9.59 Å². The van der Waals surface area contributed by atoms with E-state index >= 15 is 0 Å². The third kappa shape index (κ3) is 3.99. The van der Waals surface area contributed by atoms with Crippen LogP contribution in [0.1, 0.15) is 11.1 Å². The van der Waals surface area contributed by atoms with Crippen molar-refractivity contribution in [2.45, 2.75) is 18.7 Å². The van der Waals surface area contributed by atoms with Crippen LogP contribution >= 0.6 is 23.4 Å². The van der Waals surface area contributed by atoms with E-state index in [-0.39, 0.29) is 17.5 Å². The van der Waals surface area contributed by atoms with Crippen LogP contribution in [0.5, 0.6) is 0 Å². The first-order valence-corrected chi connectivity index (χ1v) is 10.6. The first kappa shape index (κ1) is 20.3. The first-order valence-electron chi connectivity index (χ1n) is 9.40. The molecule has 0 unspecified atom stereocenters. The van der Waals surface area contributed by atoms with Crippen molar-refractivity contribution in [1.82, 2.24) is 0 Å². The largest absolute Gasteiger partial charge is 0.350 e. The molecule has 3 aromatic rings. The van der Waals surface area contributed by atoms with E-state index in [4.69, 9.17) is 11.6 Å². The van der Waals surface area contributed by atoms with Gasteiger partial charge in [0.15, 0.2) is 0 Å². The standard InChI is InChI=1S/C24H19ClN2O2S/c1-15-8-13-20(16(2)14-15)27-23(28)21(26-18-11-9-17(25)10-12-18)22(24(27)29)30-19-6-4-3-5-7-19/h3-14,26H,1-2H3. The Labute approximate surface area is 184 Å². The third-order valence-corrected chi connectivity index (χ3v) is 6.05. The van der Waals surface area contributed by atoms with E-state index in [1.54, 1.807) is 24.3 Å². The lowest BCUT2D eigenvalue weighted by atomic mass is 10.1. The molecular formula is C24H19ClN2O2S. The molecular weight excluding hydrogens is 416 g/mol. The van der Waals surface area contributed by atoms with E-state index < -0.39 is 0 Å². The molecule has 4 nitrogen and oxygen atoms in total. The molecule has 30 heavy (non-hydrogen) atoms. The molecule has 0 bridgehead atoms. The van der Waals surface area contributed by atoms with Gasteiger partial charge in [-0.1, -0.05) is 59.3 Å². The Bertz CT molecular complexity index is 1160. The minimum Gasteiger partial charge on any atom is -0.350 e. The number of carbonyl (C=O) groups is 2. The zero-order valence-corrected chi connectivity index (χ0v) is 18.1. The van der Waals surface area contributed by atoms with Gasteiger partial charge in [-0.15, -0.1) is 0 Å². The summed E-state index contributed by atoms with van der Waals surface area (Å²) in [4.78, 5) is 29.2. The molecule has 0 aliphatic carbocycles. The number of anilines is 2. The number of rotatable bonds is 5. The van der Waals surface area contributed by atoms with Gasteiger partial charge in [-0.2, -0.15) is 0 Å². The molecule has 1 aliphatic rings. The SMILES string of the molecule is Cc1ccc(N2C(=O)C(Nc3ccc(Cl)cc3)=C(Sc3ccccc3)C2=O)c(C)c1. The van der Waals surface area contributed by atoms with E-state index in [9.17, 15) is 9.59 Å². The van der Waals surface area contributed by atoms with Crippen LogP contribution < -0.4 is 10.2 Å². The molecule has 0 saturated carbocycles. The summed E-state index contributed by atoms with van der Waals surface area (Å²) in [6.07, 6.45) is 0. The molecule has 0 saturated heterocycles. The van der Waals surface area contributed by atoms with Crippen LogP contribution in [0, 0.1) is 13.8 Å². The molecule has 4 rings (SSSR count). The smallest absolute Gasteiger partial charge is 0.283 e. The van der Waals surface area contributed by atoms with Gasteiger partial charge in [0.1, 0.15) is 10.6 Å². The highest BCUT2D eigenvalue weighted by Crippen LogP contribution is 2.38. The van der Waals surface area contributed by atoms with Gasteiger partial charge in [-0.3, -0.25) is 9.59 Å². The number of hydrogen-bond donors (Lipinski definition) is 1. The first-order chi connectivity index (χ1) is 14.4. The van der Waals surface area contributed by atoms with E-state index in [0.717, 1.165) is 16.0 Å². The Morgan fingerprint density at radius 1 is 0.867 bits per heavy atom. The van der Waals surface area contributed by atoms with Crippen LogP contribution in [0.25, 0.3) is 0 Å². The number of thioether (sulfide) groups is 1. The molecule has 0 aromatic heterocycles. The molecule has 0 spiro atoms. The number of nitrogens with one attached hydrogen (secondary N) is 1. The zero-order chi connectivity index (χ0) is 21.3. The number of aryl methyl sites for hydroxylation is 2. The Balaban J connectivity index is 1.76. The lowest BCUT2D eigenvalue weighted by molar-refractivity contribution is -0.120. The van der Waals surface area contributed by atoms with E-state index in [1.807, 2.05) is 62.4 Å². The van der Waals surface area contributed by atoms with Crippen molar-refractivity contribution in [1.29, 1.82) is 0 Å². The number of benzene rings is 3. The Morgan fingerprint density at radius 2 is 1.57 bits per heavy atom. The fraction of sp³-hybridized carbons (Fsp3) is 0.0833. The summed E-state index contributed by atoms with van der Waals surface area (Å²) < 4.78 is 0. The highest BCUT2D eigenvalue weighted by atomic mass is 35.5. The molecule has 6 heteroatoms. The Kier molecular flexibility index (Phi) is 5.66. The molecule has 1 N–H and O–H groups in total. The Hall–Kier alpha value is -3.02. The molecule has 3 aromatic carbocycles. The van der Waals surface area contributed by atoms with Crippen LogP contribution in [0.2, 0.25) is 5.02 Å². The summed E-state index contributed by atoms with van der Waals surface area (Å²) in [5.41, 5.74) is 3.48. The zero-order valence-electron chi connectivity index (χ0n) is 16.5. The second-order valence-electron chi connectivity index (χ2n) is 6.99. The molecule has 150 valence electrons. The average Bonchev–Trinajstić information content (AvgIpc) is 2.95. The summed E-state index contributed by atoms with van der Waals surface area (Å²) >= 11 is 7.26. The normalized spacial score (nSPS) is 13.9. The maximum atomic E-state index is 13.4. The number of nitrogens with zero attached hydrogens (tertiary/aromatic N) is 1. The van der Waals surface area contributed by atoms with Gasteiger partial charge in [-0.25, -0.2) is 4.90 Å². The Morgan fingerprint density at radius 3 is 2.23 bits per heavy atom. The van der Waals surface area contributed by atoms with Crippen LogP contribution in [-0.2, 0) is 9.59 Å². The number of imide groups is 1. The van der Waals surface area contributed by atoms with E-state index in [2.05, 4.69) is 5.32 Å². The molecule has 0 radical (unpaired) electrons. The highest BCUT2D eigenvalue weighted by molar-refractivity contribution is 8.04. The van der Waals surface area contributed by atoms with Crippen LogP contribution in [0.3, 0.4) is 0 Å². The summed E-state index contributed by atoms with van der Waals surface area (Å²) in [5.74, 6) is -0.711. The lowest BCUT2D eigenvalue weighted by Crippen LogP contribution is -2.33. The van der Waals surface area contributed by atoms with E-state index in [0.29, 0.717) is 21.3 Å². The van der Waals surface area contributed by atoms with Crippen LogP contribution in [0.4, 0.5) is 11.4 Å². The molecule has 1 heterocycles. The topological polar surface area (TPSA) is 49.4 Å². The predicted molar refractivity (Wildman–Crippen MR) is 123 cm³/mol. The minimum absolute atomic E-state index is 0.260. The highest BCUT2D eigenvalue weighted by Gasteiger charge is 2.40. The monoisotopic (exact) mass is 434 g/mol. The van der Waals surface area contributed by atoms with Crippen LogP contribution in [-0.4, -0.2) is 11.8 Å². The van der Waals surface area contributed by atoms with Crippen molar-refractivity contribution in [3.63, 3.8) is 0 Å². The van der Waals surface area contributed by atoms with Crippen LogP contribution in [0.15, 0.2) is 88.3 Å². The van der Waals surface area contributed by atoms with Crippen molar-refractivity contribution in [3.05, 3.63) is 99.5 Å². The second-order valence-corrected chi connectivity index (χ2v) is 8.51. The quantitative estimate of drug-likeness (QED) is 0.504. The minimum atomic E-state index is -0.375. The van der Waals surface area contributed by atoms with Gasteiger partial charge in [0.05, 0.1) is 5.69 Å². The molecule has 2 amide bonds. The summed E-state index contributed by atoms with van der Waals surface area (Å²) in [5, 5.41) is 3.73. The number of amides is 2. The van der Waals surface area contributed by atoms with E-state index in [1.165, 1.54) is 16.7 Å². The lowest BCUT2D eigenvalue weighted by Gasteiger charge is -2.18. The van der Waals surface area contributed by atoms with Gasteiger partial charge in [0, 0.05) is 15.6 Å². The van der Waals surface area contributed by atoms with Crippen molar-refractivity contribution in [2.75, 3.05) is 10.2 Å². The van der Waals surface area contributed by atoms with Gasteiger partial charge < -0.3 is 5.32 Å². The third-order valence-electron chi connectivity index (χ3n) is 4.71.